The van der Waals surface area contributed by atoms with Gasteiger partial charge in [-0.1, -0.05) is 26.0 Å². The molecular formula is C30H39N3O5S. The number of carbonyl (C=O) groups is 2. The minimum atomic E-state index is -0.794. The zero-order valence-corrected chi connectivity index (χ0v) is 24.0. The average Bonchev–Trinajstić information content (AvgIpc) is 3.42. The number of fused-ring (bicyclic) bond motifs is 2. The number of piperazine rings is 1. The minimum absolute atomic E-state index is 0.0387. The van der Waals surface area contributed by atoms with Crippen molar-refractivity contribution in [1.29, 1.82) is 0 Å². The van der Waals surface area contributed by atoms with Gasteiger partial charge in [0.15, 0.2) is 6.73 Å². The molecule has 2 aromatic rings. The Labute approximate surface area is 234 Å². The molecule has 210 valence electrons. The maximum Gasteiger partial charge on any atom is 0.509 e. The number of amides is 1. The summed E-state index contributed by atoms with van der Waals surface area (Å²) >= 11 is 1.80. The number of anilines is 1. The number of unbranched alkanes of at least 4 members (excludes halogenated alkanes) is 1. The van der Waals surface area contributed by atoms with Crippen molar-refractivity contribution in [3.8, 4) is 0 Å². The number of methoxy groups -OCH3 is 1. The largest absolute Gasteiger partial charge is 0.509 e. The average molecular weight is 554 g/mol. The van der Waals surface area contributed by atoms with Crippen LogP contribution in [0, 0.1) is 11.3 Å². The number of hydrogen-bond donors (Lipinski definition) is 0. The first-order chi connectivity index (χ1) is 18.9. The number of carbonyl (C=O) groups excluding carboxylic acids is 2. The molecular weight excluding hydrogens is 514 g/mol. The maximum atomic E-state index is 12.9. The lowest BCUT2D eigenvalue weighted by atomic mass is 9.67. The summed E-state index contributed by atoms with van der Waals surface area (Å²) < 4.78 is 17.1. The Balaban J connectivity index is 1.07. The van der Waals surface area contributed by atoms with Crippen molar-refractivity contribution in [2.75, 3.05) is 58.1 Å². The fourth-order valence-electron chi connectivity index (χ4n) is 5.95. The van der Waals surface area contributed by atoms with Gasteiger partial charge in [-0.15, -0.1) is 11.3 Å². The van der Waals surface area contributed by atoms with Crippen LogP contribution in [0.4, 0.5) is 10.5 Å². The second-order valence-corrected chi connectivity index (χ2v) is 12.1. The predicted octanol–water partition coefficient (Wildman–Crippen LogP) is 5.26. The Hall–Kier alpha value is -3.04. The van der Waals surface area contributed by atoms with Gasteiger partial charge >= 0.3 is 6.16 Å². The molecule has 0 radical (unpaired) electrons. The van der Waals surface area contributed by atoms with Crippen molar-refractivity contribution in [1.82, 2.24) is 9.80 Å². The summed E-state index contributed by atoms with van der Waals surface area (Å²) in [5.74, 6) is 0.846. The molecule has 1 aliphatic carbocycles. The third-order valence-electron chi connectivity index (χ3n) is 8.17. The van der Waals surface area contributed by atoms with E-state index in [1.807, 2.05) is 12.2 Å². The highest BCUT2D eigenvalue weighted by Gasteiger charge is 2.46. The smallest absolute Gasteiger partial charge is 0.494 e. The number of nitrogens with zero attached hydrogens (tertiary/aromatic N) is 3. The van der Waals surface area contributed by atoms with E-state index in [4.69, 9.17) is 9.47 Å². The monoisotopic (exact) mass is 553 g/mol. The second kappa shape index (κ2) is 12.0. The van der Waals surface area contributed by atoms with Crippen LogP contribution in [-0.2, 0) is 19.0 Å². The number of likely N-dealkylation sites (tertiary alicyclic amines) is 1. The first-order valence-electron chi connectivity index (χ1n) is 13.8. The molecule has 2 unspecified atom stereocenters. The lowest BCUT2D eigenvalue weighted by molar-refractivity contribution is -0.148. The van der Waals surface area contributed by atoms with E-state index in [1.165, 1.54) is 22.9 Å². The standard InChI is InChI=1S/C30H39N3O5S/c1-30(2)20-28(34)33(21-38-29(35)36-3)26-19-22(9-10-24(26)30)37-17-5-4-12-31-13-15-32(16-14-31)25-7-6-8-27-23(25)11-18-39-27/h6-11,18-19,24,26H,4-5,12-17,20-21H2,1-3H3. The molecule has 1 aromatic carbocycles. The van der Waals surface area contributed by atoms with E-state index in [1.54, 1.807) is 16.2 Å². The quantitative estimate of drug-likeness (QED) is 0.310. The van der Waals surface area contributed by atoms with Gasteiger partial charge in [-0.2, -0.15) is 0 Å². The zero-order chi connectivity index (χ0) is 27.4. The normalized spacial score (nSPS) is 22.9. The Morgan fingerprint density at radius 2 is 1.95 bits per heavy atom. The number of piperidine rings is 1. The molecule has 5 rings (SSSR count). The minimum Gasteiger partial charge on any atom is -0.494 e. The van der Waals surface area contributed by atoms with Crippen molar-refractivity contribution >= 4 is 39.2 Å². The van der Waals surface area contributed by atoms with Crippen LogP contribution >= 0.6 is 11.3 Å². The van der Waals surface area contributed by atoms with Crippen LogP contribution in [-0.4, -0.2) is 81.1 Å². The van der Waals surface area contributed by atoms with Crippen LogP contribution in [0.25, 0.3) is 10.1 Å². The van der Waals surface area contributed by atoms with Crippen LogP contribution in [0.2, 0.25) is 0 Å². The van der Waals surface area contributed by atoms with Crippen LogP contribution in [0.1, 0.15) is 33.1 Å². The van der Waals surface area contributed by atoms with Gasteiger partial charge in [0.1, 0.15) is 5.76 Å². The van der Waals surface area contributed by atoms with Crippen molar-refractivity contribution in [3.05, 3.63) is 53.6 Å². The summed E-state index contributed by atoms with van der Waals surface area (Å²) in [7, 11) is 1.26. The van der Waals surface area contributed by atoms with Crippen LogP contribution < -0.4 is 4.90 Å². The summed E-state index contributed by atoms with van der Waals surface area (Å²) in [6.07, 6.45) is 7.79. The third-order valence-corrected chi connectivity index (χ3v) is 9.05. The van der Waals surface area contributed by atoms with Gasteiger partial charge in [0, 0.05) is 54.3 Å². The SMILES string of the molecule is COC(=O)OCN1C(=O)CC(C)(C)C2C=CC(OCCCCN3CCN(c4cccc5sccc45)CC3)=CC21. The van der Waals surface area contributed by atoms with Gasteiger partial charge in [0.25, 0.3) is 0 Å². The molecule has 0 saturated carbocycles. The number of hydrogen-bond acceptors (Lipinski definition) is 8. The van der Waals surface area contributed by atoms with Gasteiger partial charge < -0.3 is 24.0 Å². The van der Waals surface area contributed by atoms with Crippen LogP contribution in [0.5, 0.6) is 0 Å². The van der Waals surface area contributed by atoms with E-state index < -0.39 is 6.16 Å². The Morgan fingerprint density at radius 3 is 2.74 bits per heavy atom. The lowest BCUT2D eigenvalue weighted by Gasteiger charge is -2.48. The molecule has 0 N–H and O–H groups in total. The van der Waals surface area contributed by atoms with Gasteiger partial charge in [0.05, 0.1) is 19.8 Å². The van der Waals surface area contributed by atoms with Crippen LogP contribution in [0.15, 0.2) is 53.6 Å². The van der Waals surface area contributed by atoms with E-state index >= 15 is 0 Å². The predicted molar refractivity (Wildman–Crippen MR) is 154 cm³/mol. The molecule has 2 saturated heterocycles. The fourth-order valence-corrected chi connectivity index (χ4v) is 6.76. The third kappa shape index (κ3) is 6.25. The van der Waals surface area contributed by atoms with Gasteiger partial charge in [-0.3, -0.25) is 9.69 Å². The summed E-state index contributed by atoms with van der Waals surface area (Å²) in [5.41, 5.74) is 1.17. The van der Waals surface area contributed by atoms with E-state index in [0.29, 0.717) is 13.0 Å². The summed E-state index contributed by atoms with van der Waals surface area (Å²) in [5, 5.41) is 3.54. The van der Waals surface area contributed by atoms with Crippen molar-refractivity contribution in [2.45, 2.75) is 39.2 Å². The maximum absolute atomic E-state index is 12.9. The van der Waals surface area contributed by atoms with E-state index in [9.17, 15) is 9.59 Å². The summed E-state index contributed by atoms with van der Waals surface area (Å²) in [6, 6.07) is 8.62. The van der Waals surface area contributed by atoms with Crippen molar-refractivity contribution in [3.63, 3.8) is 0 Å². The highest BCUT2D eigenvalue weighted by atomic mass is 32.1. The van der Waals surface area contributed by atoms with Crippen LogP contribution in [0.3, 0.4) is 0 Å². The Kier molecular flexibility index (Phi) is 8.47. The van der Waals surface area contributed by atoms with E-state index in [2.05, 4.69) is 64.1 Å². The molecule has 2 fully saturated rings. The molecule has 3 heterocycles. The number of benzene rings is 1. The van der Waals surface area contributed by atoms with Crippen molar-refractivity contribution < 1.29 is 23.8 Å². The highest BCUT2D eigenvalue weighted by Crippen LogP contribution is 2.43. The molecule has 0 bridgehead atoms. The second-order valence-electron chi connectivity index (χ2n) is 11.2. The molecule has 2 aliphatic heterocycles. The highest BCUT2D eigenvalue weighted by molar-refractivity contribution is 7.17. The fraction of sp³-hybridized carbons (Fsp3) is 0.533. The number of rotatable bonds is 9. The number of thiophene rings is 1. The molecule has 1 aromatic heterocycles. The zero-order valence-electron chi connectivity index (χ0n) is 23.1. The molecule has 9 heteroatoms. The topological polar surface area (TPSA) is 71.5 Å². The Bertz CT molecular complexity index is 1230. The summed E-state index contributed by atoms with van der Waals surface area (Å²) in [6.45, 7) is 10.0. The number of allylic oxidation sites excluding steroid dienone is 1. The first kappa shape index (κ1) is 27.5. The number of ether oxygens (including phenoxy) is 3. The molecule has 1 amide bonds. The molecule has 8 nitrogen and oxygen atoms in total. The van der Waals surface area contributed by atoms with E-state index in [0.717, 1.165) is 51.3 Å². The molecule has 2 atom stereocenters. The van der Waals surface area contributed by atoms with E-state index in [-0.39, 0.29) is 30.0 Å². The summed E-state index contributed by atoms with van der Waals surface area (Å²) in [4.78, 5) is 31.0. The van der Waals surface area contributed by atoms with Crippen molar-refractivity contribution in [2.24, 2.45) is 11.3 Å². The first-order valence-corrected chi connectivity index (χ1v) is 14.7. The molecule has 3 aliphatic rings. The van der Waals surface area contributed by atoms with Gasteiger partial charge in [-0.05, 0) is 60.5 Å². The molecule has 0 spiro atoms. The van der Waals surface area contributed by atoms with Gasteiger partial charge in [0.2, 0.25) is 5.91 Å². The Morgan fingerprint density at radius 1 is 1.13 bits per heavy atom. The van der Waals surface area contributed by atoms with Gasteiger partial charge in [-0.25, -0.2) is 4.79 Å². The lowest BCUT2D eigenvalue weighted by Crippen LogP contribution is -2.55. The molecule has 39 heavy (non-hydrogen) atoms.